The van der Waals surface area contributed by atoms with Crippen LogP contribution in [0.1, 0.15) is 16.7 Å². The summed E-state index contributed by atoms with van der Waals surface area (Å²) in [5.41, 5.74) is 3.39. The average molecular weight is 350 g/mol. The summed E-state index contributed by atoms with van der Waals surface area (Å²) in [6.45, 7) is -2.83. The molecule has 0 saturated heterocycles. The highest BCUT2D eigenvalue weighted by Crippen LogP contribution is 2.14. The van der Waals surface area contributed by atoms with Crippen molar-refractivity contribution in [2.75, 3.05) is 0 Å². The van der Waals surface area contributed by atoms with Crippen molar-refractivity contribution in [2.45, 2.75) is 6.61 Å². The Labute approximate surface area is 150 Å². The van der Waals surface area contributed by atoms with Gasteiger partial charge in [-0.1, -0.05) is 60.7 Å². The van der Waals surface area contributed by atoms with Crippen molar-refractivity contribution in [1.29, 1.82) is 0 Å². The molecule has 0 amide bonds. The summed E-state index contributed by atoms with van der Waals surface area (Å²) in [5.74, 6) is 0.106. The molecule has 0 unspecified atom stereocenters. The fraction of sp³-hybridized carbons (Fsp3) is 0.0476. The van der Waals surface area contributed by atoms with Gasteiger partial charge < -0.3 is 4.74 Å². The minimum Gasteiger partial charge on any atom is -0.435 e. The average Bonchev–Trinajstić information content (AvgIpc) is 2.67. The van der Waals surface area contributed by atoms with E-state index in [1.807, 2.05) is 60.7 Å². The number of rotatable bonds is 6. The molecule has 0 saturated carbocycles. The minimum atomic E-state index is -2.83. The number of halogens is 2. The Bertz CT molecular complexity index is 835. The molecular formula is C21H16F2N2O. The topological polar surface area (TPSA) is 34.0 Å². The van der Waals surface area contributed by atoms with Crippen LogP contribution in [-0.4, -0.2) is 18.5 Å². The molecule has 0 aliphatic carbocycles. The number of benzene rings is 3. The van der Waals surface area contributed by atoms with Crippen molar-refractivity contribution in [2.24, 2.45) is 10.2 Å². The second-order valence-electron chi connectivity index (χ2n) is 5.37. The Morgan fingerprint density at radius 2 is 1.31 bits per heavy atom. The van der Waals surface area contributed by atoms with Crippen LogP contribution in [0.15, 0.2) is 95.1 Å². The lowest BCUT2D eigenvalue weighted by Crippen LogP contribution is -2.02. The van der Waals surface area contributed by atoms with Crippen LogP contribution in [0.25, 0.3) is 0 Å². The van der Waals surface area contributed by atoms with E-state index >= 15 is 0 Å². The third-order valence-electron chi connectivity index (χ3n) is 3.56. The molecule has 0 atom stereocenters. The quantitative estimate of drug-likeness (QED) is 0.447. The summed E-state index contributed by atoms with van der Waals surface area (Å²) in [4.78, 5) is 0. The summed E-state index contributed by atoms with van der Waals surface area (Å²) in [5, 5.41) is 8.52. The first-order chi connectivity index (χ1) is 12.7. The zero-order valence-electron chi connectivity index (χ0n) is 13.8. The van der Waals surface area contributed by atoms with Gasteiger partial charge in [-0.2, -0.15) is 13.9 Å². The molecule has 0 fully saturated rings. The first-order valence-electron chi connectivity index (χ1n) is 7.99. The Morgan fingerprint density at radius 3 is 1.81 bits per heavy atom. The van der Waals surface area contributed by atoms with Crippen LogP contribution < -0.4 is 4.74 Å². The van der Waals surface area contributed by atoms with Gasteiger partial charge in [0.25, 0.3) is 0 Å². The van der Waals surface area contributed by atoms with Gasteiger partial charge in [0.2, 0.25) is 0 Å². The van der Waals surface area contributed by atoms with E-state index in [2.05, 4.69) is 14.9 Å². The fourth-order valence-corrected chi connectivity index (χ4v) is 2.36. The van der Waals surface area contributed by atoms with Gasteiger partial charge in [0.05, 0.1) is 6.21 Å². The van der Waals surface area contributed by atoms with Crippen molar-refractivity contribution < 1.29 is 13.5 Å². The van der Waals surface area contributed by atoms with Gasteiger partial charge in [0, 0.05) is 11.1 Å². The molecule has 26 heavy (non-hydrogen) atoms. The molecule has 0 spiro atoms. The van der Waals surface area contributed by atoms with Gasteiger partial charge in [-0.25, -0.2) is 0 Å². The number of alkyl halides is 2. The zero-order valence-corrected chi connectivity index (χ0v) is 13.8. The van der Waals surface area contributed by atoms with Crippen LogP contribution in [0.2, 0.25) is 0 Å². The largest absolute Gasteiger partial charge is 0.435 e. The maximum absolute atomic E-state index is 12.2. The van der Waals surface area contributed by atoms with Crippen molar-refractivity contribution >= 4 is 11.9 Å². The highest BCUT2D eigenvalue weighted by molar-refractivity contribution is 6.12. The molecule has 0 aromatic heterocycles. The SMILES string of the molecule is FC(F)Oc1ccc(/C=N/N=C(c2ccccc2)c2ccccc2)cc1. The van der Waals surface area contributed by atoms with Gasteiger partial charge in [-0.05, 0) is 29.8 Å². The van der Waals surface area contributed by atoms with Gasteiger partial charge >= 0.3 is 6.61 Å². The first kappa shape index (κ1) is 17.5. The van der Waals surface area contributed by atoms with Crippen LogP contribution in [-0.2, 0) is 0 Å². The second kappa shape index (κ2) is 8.67. The molecule has 0 heterocycles. The summed E-state index contributed by atoms with van der Waals surface area (Å²) >= 11 is 0. The van der Waals surface area contributed by atoms with E-state index in [1.165, 1.54) is 12.1 Å². The number of nitrogens with zero attached hydrogens (tertiary/aromatic N) is 2. The lowest BCUT2D eigenvalue weighted by atomic mass is 10.0. The van der Waals surface area contributed by atoms with Crippen LogP contribution in [0, 0.1) is 0 Å². The van der Waals surface area contributed by atoms with Crippen LogP contribution in [0.3, 0.4) is 0 Å². The molecular weight excluding hydrogens is 334 g/mol. The lowest BCUT2D eigenvalue weighted by Gasteiger charge is -2.05. The maximum atomic E-state index is 12.2. The summed E-state index contributed by atoms with van der Waals surface area (Å²) in [6.07, 6.45) is 1.57. The van der Waals surface area contributed by atoms with E-state index in [9.17, 15) is 8.78 Å². The Balaban J connectivity index is 1.83. The Hall–Kier alpha value is -3.34. The summed E-state index contributed by atoms with van der Waals surface area (Å²) in [7, 11) is 0. The molecule has 5 heteroatoms. The van der Waals surface area contributed by atoms with Crippen molar-refractivity contribution in [3.63, 3.8) is 0 Å². The first-order valence-corrected chi connectivity index (χ1v) is 7.99. The van der Waals surface area contributed by atoms with E-state index < -0.39 is 6.61 Å². The molecule has 0 bridgehead atoms. The van der Waals surface area contributed by atoms with Crippen LogP contribution >= 0.6 is 0 Å². The van der Waals surface area contributed by atoms with Crippen LogP contribution in [0.4, 0.5) is 8.78 Å². The van der Waals surface area contributed by atoms with Gasteiger partial charge in [0.1, 0.15) is 11.5 Å². The van der Waals surface area contributed by atoms with Gasteiger partial charge in [-0.3, -0.25) is 0 Å². The van der Waals surface area contributed by atoms with E-state index in [0.29, 0.717) is 0 Å². The molecule has 0 radical (unpaired) electrons. The predicted octanol–water partition coefficient (Wildman–Crippen LogP) is 5.16. The van der Waals surface area contributed by atoms with E-state index in [4.69, 9.17) is 0 Å². The third kappa shape index (κ3) is 4.83. The highest BCUT2D eigenvalue weighted by atomic mass is 19.3. The summed E-state index contributed by atoms with van der Waals surface area (Å²) in [6, 6.07) is 25.8. The lowest BCUT2D eigenvalue weighted by molar-refractivity contribution is -0.0498. The van der Waals surface area contributed by atoms with E-state index in [1.54, 1.807) is 18.3 Å². The normalized spacial score (nSPS) is 10.9. The molecule has 3 aromatic carbocycles. The Morgan fingerprint density at radius 1 is 0.769 bits per heavy atom. The zero-order chi connectivity index (χ0) is 18.2. The maximum Gasteiger partial charge on any atom is 0.387 e. The molecule has 0 aliphatic rings. The van der Waals surface area contributed by atoms with Gasteiger partial charge in [-0.15, -0.1) is 5.10 Å². The molecule has 3 rings (SSSR count). The smallest absolute Gasteiger partial charge is 0.387 e. The van der Waals surface area contributed by atoms with Gasteiger partial charge in [0.15, 0.2) is 0 Å². The third-order valence-corrected chi connectivity index (χ3v) is 3.56. The molecule has 0 aliphatic heterocycles. The second-order valence-corrected chi connectivity index (χ2v) is 5.37. The van der Waals surface area contributed by atoms with Crippen molar-refractivity contribution in [3.05, 3.63) is 102 Å². The predicted molar refractivity (Wildman–Crippen MR) is 99.2 cm³/mol. The van der Waals surface area contributed by atoms with Crippen LogP contribution in [0.5, 0.6) is 5.75 Å². The highest BCUT2D eigenvalue weighted by Gasteiger charge is 2.06. The number of hydrogen-bond donors (Lipinski definition) is 0. The summed E-state index contributed by atoms with van der Waals surface area (Å²) < 4.78 is 28.7. The minimum absolute atomic E-state index is 0.106. The Kier molecular flexibility index (Phi) is 5.83. The monoisotopic (exact) mass is 350 g/mol. The van der Waals surface area contributed by atoms with E-state index in [-0.39, 0.29) is 5.75 Å². The number of ether oxygens (including phenoxy) is 1. The fourth-order valence-electron chi connectivity index (χ4n) is 2.36. The van der Waals surface area contributed by atoms with Crippen molar-refractivity contribution in [3.8, 4) is 5.75 Å². The molecule has 130 valence electrons. The molecule has 0 N–H and O–H groups in total. The molecule has 3 aromatic rings. The van der Waals surface area contributed by atoms with E-state index in [0.717, 1.165) is 22.4 Å². The molecule has 3 nitrogen and oxygen atoms in total. The standard InChI is InChI=1S/C21H16F2N2O/c22-21(23)26-19-13-11-16(12-14-19)15-24-25-20(17-7-3-1-4-8-17)18-9-5-2-6-10-18/h1-15,21H/b24-15+. The van der Waals surface area contributed by atoms with Crippen molar-refractivity contribution in [1.82, 2.24) is 0 Å². The number of hydrogen-bond acceptors (Lipinski definition) is 3.